The highest BCUT2D eigenvalue weighted by atomic mass is 19.1. The second kappa shape index (κ2) is 5.04. The molecule has 0 atom stereocenters. The summed E-state index contributed by atoms with van der Waals surface area (Å²) in [6.45, 7) is 0. The van der Waals surface area contributed by atoms with Crippen LogP contribution in [0.3, 0.4) is 0 Å². The summed E-state index contributed by atoms with van der Waals surface area (Å²) >= 11 is 0. The van der Waals surface area contributed by atoms with E-state index in [0.29, 0.717) is 22.6 Å². The van der Waals surface area contributed by atoms with E-state index in [1.54, 1.807) is 12.1 Å². The third kappa shape index (κ3) is 2.27. The molecule has 2 aromatic carbocycles. The van der Waals surface area contributed by atoms with Crippen molar-refractivity contribution in [1.82, 2.24) is 0 Å². The lowest BCUT2D eigenvalue weighted by atomic mass is 10.0. The Morgan fingerprint density at radius 3 is 2.22 bits per heavy atom. The standard InChI is InChI=1S/C14H11F2O2/c1-17-13-5-3-4-12(14(13)18-2)9-6-10(15)8-11(16)7-9/h3-4,6-8H,1-2H3. The van der Waals surface area contributed by atoms with E-state index in [0.717, 1.165) is 6.07 Å². The summed E-state index contributed by atoms with van der Waals surface area (Å²) in [5, 5.41) is 0. The van der Waals surface area contributed by atoms with Crippen molar-refractivity contribution in [2.45, 2.75) is 0 Å². The quantitative estimate of drug-likeness (QED) is 0.829. The molecule has 2 nitrogen and oxygen atoms in total. The average Bonchev–Trinajstić information content (AvgIpc) is 2.36. The lowest BCUT2D eigenvalue weighted by Gasteiger charge is -2.12. The average molecular weight is 249 g/mol. The first-order valence-corrected chi connectivity index (χ1v) is 5.25. The summed E-state index contributed by atoms with van der Waals surface area (Å²) in [4.78, 5) is 0. The smallest absolute Gasteiger partial charge is 0.169 e. The highest BCUT2D eigenvalue weighted by Crippen LogP contribution is 2.37. The Balaban J connectivity index is 2.63. The van der Waals surface area contributed by atoms with E-state index >= 15 is 0 Å². The lowest BCUT2D eigenvalue weighted by Crippen LogP contribution is -1.94. The molecule has 2 aromatic rings. The van der Waals surface area contributed by atoms with Gasteiger partial charge in [-0.25, -0.2) is 8.78 Å². The molecule has 2 rings (SSSR count). The van der Waals surface area contributed by atoms with Gasteiger partial charge in [0.05, 0.1) is 14.2 Å². The van der Waals surface area contributed by atoms with Gasteiger partial charge in [0.1, 0.15) is 11.6 Å². The van der Waals surface area contributed by atoms with Gasteiger partial charge in [-0.15, -0.1) is 0 Å². The molecule has 0 bridgehead atoms. The predicted octanol–water partition coefficient (Wildman–Crippen LogP) is 3.45. The highest BCUT2D eigenvalue weighted by molar-refractivity contribution is 5.73. The molecule has 0 N–H and O–H groups in total. The SMILES string of the molecule is COc1[c]ccc(-c2cc(F)cc(F)c2)c1OC. The third-order valence-electron chi connectivity index (χ3n) is 2.50. The van der Waals surface area contributed by atoms with E-state index in [1.807, 2.05) is 0 Å². The van der Waals surface area contributed by atoms with Crippen LogP contribution in [0.15, 0.2) is 30.3 Å². The molecule has 0 saturated heterocycles. The fourth-order valence-corrected chi connectivity index (χ4v) is 1.76. The van der Waals surface area contributed by atoms with Crippen LogP contribution in [0.1, 0.15) is 0 Å². The topological polar surface area (TPSA) is 18.5 Å². The van der Waals surface area contributed by atoms with E-state index in [4.69, 9.17) is 9.47 Å². The molecular formula is C14H11F2O2. The van der Waals surface area contributed by atoms with Crippen LogP contribution in [0.2, 0.25) is 0 Å². The zero-order valence-corrected chi connectivity index (χ0v) is 9.96. The molecule has 0 aliphatic rings. The molecule has 0 unspecified atom stereocenters. The Kier molecular flexibility index (Phi) is 3.46. The van der Waals surface area contributed by atoms with Crippen LogP contribution in [0.5, 0.6) is 11.5 Å². The number of ether oxygens (including phenoxy) is 2. The normalized spacial score (nSPS) is 10.2. The molecule has 0 aliphatic heterocycles. The summed E-state index contributed by atoms with van der Waals surface area (Å²) in [6.07, 6.45) is 0. The van der Waals surface area contributed by atoms with Crippen LogP contribution in [0.4, 0.5) is 8.78 Å². The van der Waals surface area contributed by atoms with Gasteiger partial charge in [0.15, 0.2) is 11.5 Å². The summed E-state index contributed by atoms with van der Waals surface area (Å²) in [7, 11) is 2.94. The Morgan fingerprint density at radius 1 is 1.00 bits per heavy atom. The van der Waals surface area contributed by atoms with Crippen molar-refractivity contribution < 1.29 is 18.3 Å². The Morgan fingerprint density at radius 2 is 1.67 bits per heavy atom. The molecule has 0 saturated carbocycles. The maximum absolute atomic E-state index is 13.2. The van der Waals surface area contributed by atoms with Crippen molar-refractivity contribution in [2.75, 3.05) is 14.2 Å². The minimum atomic E-state index is -0.640. The van der Waals surface area contributed by atoms with Gasteiger partial charge >= 0.3 is 0 Å². The van der Waals surface area contributed by atoms with Crippen LogP contribution in [0.25, 0.3) is 11.1 Å². The van der Waals surface area contributed by atoms with Crippen LogP contribution < -0.4 is 9.47 Å². The maximum atomic E-state index is 13.2. The highest BCUT2D eigenvalue weighted by Gasteiger charge is 2.13. The van der Waals surface area contributed by atoms with Crippen LogP contribution >= 0.6 is 0 Å². The molecule has 0 heterocycles. The number of benzene rings is 2. The summed E-state index contributed by atoms with van der Waals surface area (Å²) < 4.78 is 36.7. The lowest BCUT2D eigenvalue weighted by molar-refractivity contribution is 0.355. The summed E-state index contributed by atoms with van der Waals surface area (Å²) in [5.74, 6) is -0.498. The predicted molar refractivity (Wildman–Crippen MR) is 63.7 cm³/mol. The maximum Gasteiger partial charge on any atom is 0.169 e. The van der Waals surface area contributed by atoms with E-state index in [1.165, 1.54) is 26.4 Å². The molecule has 1 radical (unpaired) electrons. The van der Waals surface area contributed by atoms with Crippen molar-refractivity contribution in [3.63, 3.8) is 0 Å². The van der Waals surface area contributed by atoms with E-state index < -0.39 is 11.6 Å². The van der Waals surface area contributed by atoms with E-state index in [2.05, 4.69) is 6.07 Å². The second-order valence-corrected chi connectivity index (χ2v) is 3.62. The van der Waals surface area contributed by atoms with Gasteiger partial charge in [0.2, 0.25) is 0 Å². The molecule has 4 heteroatoms. The monoisotopic (exact) mass is 249 g/mol. The molecule has 93 valence electrons. The van der Waals surface area contributed by atoms with Gasteiger partial charge in [0, 0.05) is 17.7 Å². The fraction of sp³-hybridized carbons (Fsp3) is 0.143. The zero-order chi connectivity index (χ0) is 13.1. The zero-order valence-electron chi connectivity index (χ0n) is 9.96. The van der Waals surface area contributed by atoms with Crippen molar-refractivity contribution in [3.05, 3.63) is 48.0 Å². The Labute approximate surface area is 104 Å². The molecule has 0 fully saturated rings. The van der Waals surface area contributed by atoms with Crippen molar-refractivity contribution in [3.8, 4) is 22.6 Å². The van der Waals surface area contributed by atoms with Gasteiger partial charge in [-0.3, -0.25) is 0 Å². The number of methoxy groups -OCH3 is 2. The molecule has 0 amide bonds. The molecular weight excluding hydrogens is 238 g/mol. The van der Waals surface area contributed by atoms with Gasteiger partial charge in [-0.1, -0.05) is 0 Å². The first-order valence-electron chi connectivity index (χ1n) is 5.25. The summed E-state index contributed by atoms with van der Waals surface area (Å²) in [6, 6.07) is 9.41. The van der Waals surface area contributed by atoms with Crippen molar-refractivity contribution >= 4 is 0 Å². The van der Waals surface area contributed by atoms with Crippen LogP contribution in [-0.4, -0.2) is 14.2 Å². The number of rotatable bonds is 3. The van der Waals surface area contributed by atoms with Gasteiger partial charge in [0.25, 0.3) is 0 Å². The van der Waals surface area contributed by atoms with Crippen LogP contribution in [-0.2, 0) is 0 Å². The third-order valence-corrected chi connectivity index (χ3v) is 2.50. The molecule has 0 spiro atoms. The molecule has 18 heavy (non-hydrogen) atoms. The molecule has 0 aromatic heterocycles. The minimum absolute atomic E-state index is 0.386. The van der Waals surface area contributed by atoms with Crippen LogP contribution in [0, 0.1) is 17.7 Å². The second-order valence-electron chi connectivity index (χ2n) is 3.62. The number of hydrogen-bond acceptors (Lipinski definition) is 2. The Bertz CT molecular complexity index is 547. The van der Waals surface area contributed by atoms with Crippen molar-refractivity contribution in [1.29, 1.82) is 0 Å². The minimum Gasteiger partial charge on any atom is -0.492 e. The van der Waals surface area contributed by atoms with Gasteiger partial charge < -0.3 is 9.47 Å². The van der Waals surface area contributed by atoms with Gasteiger partial charge in [-0.05, 0) is 29.8 Å². The fourth-order valence-electron chi connectivity index (χ4n) is 1.76. The van der Waals surface area contributed by atoms with E-state index in [-0.39, 0.29) is 0 Å². The largest absolute Gasteiger partial charge is 0.492 e. The van der Waals surface area contributed by atoms with Crippen molar-refractivity contribution in [2.24, 2.45) is 0 Å². The van der Waals surface area contributed by atoms with E-state index in [9.17, 15) is 8.78 Å². The molecule has 0 aliphatic carbocycles. The Hall–Kier alpha value is -2.10. The van der Waals surface area contributed by atoms with Gasteiger partial charge in [-0.2, -0.15) is 0 Å². The summed E-state index contributed by atoms with van der Waals surface area (Å²) in [5.41, 5.74) is 0.933. The first kappa shape index (κ1) is 12.4. The first-order chi connectivity index (χ1) is 8.65. The number of hydrogen-bond donors (Lipinski definition) is 0. The number of halogens is 2.